The van der Waals surface area contributed by atoms with Gasteiger partial charge in [0.2, 0.25) is 5.91 Å². The summed E-state index contributed by atoms with van der Waals surface area (Å²) >= 11 is 0. The fourth-order valence-electron chi connectivity index (χ4n) is 4.47. The van der Waals surface area contributed by atoms with Crippen LogP contribution in [0.1, 0.15) is 55.3 Å². The van der Waals surface area contributed by atoms with Gasteiger partial charge in [-0.05, 0) is 32.1 Å². The van der Waals surface area contributed by atoms with Gasteiger partial charge in [-0.3, -0.25) is 19.0 Å². The number of hydrogen-bond acceptors (Lipinski definition) is 4. The van der Waals surface area contributed by atoms with E-state index in [-0.39, 0.29) is 29.8 Å². The molecule has 8 nitrogen and oxygen atoms in total. The lowest BCUT2D eigenvalue weighted by molar-refractivity contribution is -0.126. The van der Waals surface area contributed by atoms with Crippen LogP contribution in [-0.4, -0.2) is 43.5 Å². The molecule has 0 saturated heterocycles. The van der Waals surface area contributed by atoms with Gasteiger partial charge in [-0.2, -0.15) is 10.2 Å². The highest BCUT2D eigenvalue weighted by Gasteiger charge is 2.31. The van der Waals surface area contributed by atoms with Crippen molar-refractivity contribution in [2.24, 2.45) is 20.0 Å². The third kappa shape index (κ3) is 4.47. The molecule has 30 heavy (non-hydrogen) atoms. The van der Waals surface area contributed by atoms with Gasteiger partial charge in [-0.25, -0.2) is 0 Å². The van der Waals surface area contributed by atoms with Gasteiger partial charge >= 0.3 is 0 Å². The van der Waals surface area contributed by atoms with Gasteiger partial charge in [-0.1, -0.05) is 25.0 Å². The van der Waals surface area contributed by atoms with E-state index < -0.39 is 0 Å². The number of aromatic nitrogens is 4. The van der Waals surface area contributed by atoms with Gasteiger partial charge in [-0.15, -0.1) is 0 Å². The van der Waals surface area contributed by atoms with Crippen molar-refractivity contribution < 1.29 is 9.59 Å². The van der Waals surface area contributed by atoms with Crippen LogP contribution in [0.2, 0.25) is 0 Å². The second kappa shape index (κ2) is 8.85. The summed E-state index contributed by atoms with van der Waals surface area (Å²) in [4.78, 5) is 25.9. The van der Waals surface area contributed by atoms with Crippen LogP contribution in [0.4, 0.5) is 0 Å². The van der Waals surface area contributed by atoms with E-state index in [0.717, 1.165) is 50.5 Å². The second-order valence-corrected chi connectivity index (χ2v) is 8.43. The van der Waals surface area contributed by atoms with E-state index in [1.165, 1.54) is 0 Å². The van der Waals surface area contributed by atoms with Crippen molar-refractivity contribution in [3.8, 4) is 11.3 Å². The molecule has 4 rings (SSSR count). The number of carbonyl (C=O) groups excluding carboxylic acids is 2. The van der Waals surface area contributed by atoms with Gasteiger partial charge in [0.25, 0.3) is 5.91 Å². The van der Waals surface area contributed by atoms with E-state index >= 15 is 0 Å². The van der Waals surface area contributed by atoms with Crippen molar-refractivity contribution >= 4 is 11.8 Å². The summed E-state index contributed by atoms with van der Waals surface area (Å²) in [5.74, 6) is 0.000382. The van der Waals surface area contributed by atoms with E-state index in [9.17, 15) is 9.59 Å². The predicted molar refractivity (Wildman–Crippen MR) is 114 cm³/mol. The Balaban J connectivity index is 1.46. The molecule has 2 aliphatic rings. The molecule has 3 atom stereocenters. The monoisotopic (exact) mass is 410 g/mol. The number of hydrogen-bond donors (Lipinski definition) is 2. The highest BCUT2D eigenvalue weighted by atomic mass is 16.2. The standard InChI is InChI=1S/C22H30N6O2/c1-27-13-16(12-23-27)20-17(14-28(2)26-20)22(30)25-19-11-7-6-10-18(19)24-21(29)15-8-4-3-5-9-15/h3-4,12-15,18-19H,5-11H2,1-2H3,(H,24,29)(H,25,30)/t15-,18+,19+/m0/s1. The molecule has 1 saturated carbocycles. The van der Waals surface area contributed by atoms with Crippen LogP contribution in [0.5, 0.6) is 0 Å². The fraction of sp³-hybridized carbons (Fsp3) is 0.545. The predicted octanol–water partition coefficient (Wildman–Crippen LogP) is 2.33. The quantitative estimate of drug-likeness (QED) is 0.740. The topological polar surface area (TPSA) is 93.8 Å². The third-order valence-corrected chi connectivity index (χ3v) is 6.10. The van der Waals surface area contributed by atoms with E-state index in [4.69, 9.17) is 0 Å². The van der Waals surface area contributed by atoms with Crippen molar-refractivity contribution in [2.75, 3.05) is 0 Å². The molecule has 0 bridgehead atoms. The van der Waals surface area contributed by atoms with Crippen LogP contribution in [-0.2, 0) is 18.9 Å². The molecule has 160 valence electrons. The number of nitrogens with one attached hydrogen (secondary N) is 2. The number of amides is 2. The summed E-state index contributed by atoms with van der Waals surface area (Å²) in [5.41, 5.74) is 1.95. The molecular formula is C22H30N6O2. The maximum absolute atomic E-state index is 13.1. The number of allylic oxidation sites excluding steroid dienone is 2. The van der Waals surface area contributed by atoms with Gasteiger partial charge in [0.15, 0.2) is 0 Å². The molecule has 0 unspecified atom stereocenters. The molecule has 2 amide bonds. The molecule has 8 heteroatoms. The molecule has 2 aromatic heterocycles. The fourth-order valence-corrected chi connectivity index (χ4v) is 4.47. The Kier molecular flexibility index (Phi) is 6.01. The Morgan fingerprint density at radius 2 is 1.77 bits per heavy atom. The Morgan fingerprint density at radius 3 is 2.43 bits per heavy atom. The minimum absolute atomic E-state index is 0.0281. The van der Waals surface area contributed by atoms with Crippen LogP contribution >= 0.6 is 0 Å². The molecular weight excluding hydrogens is 380 g/mol. The minimum atomic E-state index is -0.159. The van der Waals surface area contributed by atoms with Crippen molar-refractivity contribution in [3.05, 3.63) is 36.3 Å². The molecule has 2 heterocycles. The molecule has 0 aromatic carbocycles. The Labute approximate surface area is 176 Å². The molecule has 2 N–H and O–H groups in total. The summed E-state index contributed by atoms with van der Waals surface area (Å²) in [5, 5.41) is 15.1. The average Bonchev–Trinajstić information content (AvgIpc) is 3.35. The number of carbonyl (C=O) groups is 2. The highest BCUT2D eigenvalue weighted by Crippen LogP contribution is 2.24. The number of rotatable bonds is 5. The van der Waals surface area contributed by atoms with Crippen LogP contribution in [0.25, 0.3) is 11.3 Å². The third-order valence-electron chi connectivity index (χ3n) is 6.10. The highest BCUT2D eigenvalue weighted by molar-refractivity contribution is 6.00. The molecule has 1 fully saturated rings. The number of nitrogens with zero attached hydrogens (tertiary/aromatic N) is 4. The van der Waals surface area contributed by atoms with E-state index in [2.05, 4.69) is 33.0 Å². The van der Waals surface area contributed by atoms with Gasteiger partial charge in [0.05, 0.1) is 11.8 Å². The van der Waals surface area contributed by atoms with Crippen LogP contribution < -0.4 is 10.6 Å². The summed E-state index contributed by atoms with van der Waals surface area (Å²) in [6.07, 6.45) is 16.1. The molecule has 2 aromatic rings. The zero-order valence-corrected chi connectivity index (χ0v) is 17.7. The van der Waals surface area contributed by atoms with Crippen molar-refractivity contribution in [3.63, 3.8) is 0 Å². The maximum Gasteiger partial charge on any atom is 0.255 e. The maximum atomic E-state index is 13.1. The second-order valence-electron chi connectivity index (χ2n) is 8.43. The molecule has 0 radical (unpaired) electrons. The Hall–Kier alpha value is -2.90. The molecule has 0 aliphatic heterocycles. The first-order valence-electron chi connectivity index (χ1n) is 10.8. The van der Waals surface area contributed by atoms with Crippen molar-refractivity contribution in [1.29, 1.82) is 0 Å². The first kappa shape index (κ1) is 20.4. The Morgan fingerprint density at radius 1 is 1.00 bits per heavy atom. The van der Waals surface area contributed by atoms with E-state index in [1.807, 2.05) is 13.2 Å². The first-order valence-corrected chi connectivity index (χ1v) is 10.8. The zero-order chi connectivity index (χ0) is 21.1. The molecule has 2 aliphatic carbocycles. The lowest BCUT2D eigenvalue weighted by Gasteiger charge is -2.34. The lowest BCUT2D eigenvalue weighted by atomic mass is 9.88. The van der Waals surface area contributed by atoms with Gasteiger partial charge in [0.1, 0.15) is 5.69 Å². The normalized spacial score (nSPS) is 23.9. The van der Waals surface area contributed by atoms with E-state index in [1.54, 1.807) is 28.8 Å². The van der Waals surface area contributed by atoms with Gasteiger partial charge in [0, 0.05) is 50.1 Å². The van der Waals surface area contributed by atoms with Crippen LogP contribution in [0.15, 0.2) is 30.7 Å². The Bertz CT molecular complexity index is 943. The summed E-state index contributed by atoms with van der Waals surface area (Å²) in [6.45, 7) is 0. The van der Waals surface area contributed by atoms with E-state index in [0.29, 0.717) is 11.3 Å². The van der Waals surface area contributed by atoms with Crippen LogP contribution in [0.3, 0.4) is 0 Å². The average molecular weight is 411 g/mol. The van der Waals surface area contributed by atoms with Crippen molar-refractivity contribution in [1.82, 2.24) is 30.2 Å². The number of aryl methyl sites for hydroxylation is 2. The minimum Gasteiger partial charge on any atom is -0.351 e. The summed E-state index contributed by atoms with van der Waals surface area (Å²) in [7, 11) is 3.64. The first-order chi connectivity index (χ1) is 14.5. The zero-order valence-electron chi connectivity index (χ0n) is 17.7. The summed E-state index contributed by atoms with van der Waals surface area (Å²) in [6, 6.07) is -0.101. The molecule has 0 spiro atoms. The largest absolute Gasteiger partial charge is 0.351 e. The smallest absolute Gasteiger partial charge is 0.255 e. The van der Waals surface area contributed by atoms with Crippen molar-refractivity contribution in [2.45, 2.75) is 57.0 Å². The summed E-state index contributed by atoms with van der Waals surface area (Å²) < 4.78 is 3.34. The lowest BCUT2D eigenvalue weighted by Crippen LogP contribution is -2.54. The SMILES string of the molecule is Cn1cc(-c2nn(C)cc2C(=O)N[C@@H]2CCCC[C@H]2NC(=O)[C@H]2CC=CCC2)cn1. The van der Waals surface area contributed by atoms with Gasteiger partial charge < -0.3 is 10.6 Å². The van der Waals surface area contributed by atoms with Crippen LogP contribution in [0, 0.1) is 5.92 Å².